The zero-order valence-corrected chi connectivity index (χ0v) is 11.1. The normalized spacial score (nSPS) is 16.0. The first-order valence-corrected chi connectivity index (χ1v) is 6.63. The average Bonchev–Trinajstić information content (AvgIpc) is 2.41. The number of aliphatic hydroxyl groups excluding tert-OH is 1. The average molecular weight is 275 g/mol. The van der Waals surface area contributed by atoms with Crippen molar-refractivity contribution in [2.45, 2.75) is 25.7 Å². The van der Waals surface area contributed by atoms with Crippen molar-refractivity contribution in [3.05, 3.63) is 33.9 Å². The molecular formula is C14H17N3O3. The predicted octanol–water partition coefficient (Wildman–Crippen LogP) is 2.43. The zero-order chi connectivity index (χ0) is 14.6. The Kier molecular flexibility index (Phi) is 4.20. The van der Waals surface area contributed by atoms with Crippen molar-refractivity contribution in [3.63, 3.8) is 0 Å². The van der Waals surface area contributed by atoms with Crippen molar-refractivity contribution in [2.75, 3.05) is 18.5 Å². The third kappa shape index (κ3) is 2.89. The molecule has 2 rings (SSSR count). The van der Waals surface area contributed by atoms with Gasteiger partial charge in [0.25, 0.3) is 5.69 Å². The van der Waals surface area contributed by atoms with E-state index in [0.717, 1.165) is 25.8 Å². The standard InChI is InChI=1S/C14H17N3O3/c15-9-11-8-12(2-3-13(11)17(19)20)16-10-14(6-7-18)4-1-5-14/h2-3,8,16,18H,1,4-7,10H2. The highest BCUT2D eigenvalue weighted by Gasteiger charge is 2.36. The highest BCUT2D eigenvalue weighted by molar-refractivity contribution is 5.58. The topological polar surface area (TPSA) is 99.2 Å². The molecule has 6 heteroatoms. The van der Waals surface area contributed by atoms with E-state index in [1.165, 1.54) is 18.6 Å². The number of nitriles is 1. The van der Waals surface area contributed by atoms with E-state index in [9.17, 15) is 10.1 Å². The lowest BCUT2D eigenvalue weighted by Gasteiger charge is -2.42. The fraction of sp³-hybridized carbons (Fsp3) is 0.500. The molecule has 1 aliphatic rings. The molecule has 0 spiro atoms. The summed E-state index contributed by atoms with van der Waals surface area (Å²) in [6.07, 6.45) is 4.10. The predicted molar refractivity (Wildman–Crippen MR) is 74.3 cm³/mol. The third-order valence-corrected chi connectivity index (χ3v) is 4.04. The van der Waals surface area contributed by atoms with Crippen LogP contribution in [-0.2, 0) is 0 Å². The molecule has 0 unspecified atom stereocenters. The van der Waals surface area contributed by atoms with Crippen LogP contribution in [0.1, 0.15) is 31.2 Å². The second-order valence-corrected chi connectivity index (χ2v) is 5.28. The third-order valence-electron chi connectivity index (χ3n) is 4.04. The maximum atomic E-state index is 10.8. The molecule has 0 aromatic heterocycles. The smallest absolute Gasteiger partial charge is 0.287 e. The summed E-state index contributed by atoms with van der Waals surface area (Å²) in [5.74, 6) is 0. The van der Waals surface area contributed by atoms with Crippen LogP contribution in [0.4, 0.5) is 11.4 Å². The highest BCUT2D eigenvalue weighted by Crippen LogP contribution is 2.43. The van der Waals surface area contributed by atoms with Crippen LogP contribution in [-0.4, -0.2) is 23.2 Å². The van der Waals surface area contributed by atoms with Crippen molar-refractivity contribution >= 4 is 11.4 Å². The molecule has 0 atom stereocenters. The van der Waals surface area contributed by atoms with Gasteiger partial charge in [-0.2, -0.15) is 5.26 Å². The fourth-order valence-corrected chi connectivity index (χ4v) is 2.61. The Morgan fingerprint density at radius 3 is 2.75 bits per heavy atom. The van der Waals surface area contributed by atoms with E-state index in [-0.39, 0.29) is 23.3 Å². The maximum absolute atomic E-state index is 10.8. The van der Waals surface area contributed by atoms with Gasteiger partial charge in [-0.15, -0.1) is 0 Å². The summed E-state index contributed by atoms with van der Waals surface area (Å²) in [4.78, 5) is 10.2. The molecular weight excluding hydrogens is 258 g/mol. The molecule has 2 N–H and O–H groups in total. The Hall–Kier alpha value is -2.13. The molecule has 0 amide bonds. The van der Waals surface area contributed by atoms with Gasteiger partial charge in [-0.3, -0.25) is 10.1 Å². The van der Waals surface area contributed by atoms with Crippen LogP contribution in [0.15, 0.2) is 18.2 Å². The van der Waals surface area contributed by atoms with E-state index in [1.54, 1.807) is 6.07 Å². The van der Waals surface area contributed by atoms with Crippen molar-refractivity contribution in [1.29, 1.82) is 5.26 Å². The molecule has 1 aliphatic carbocycles. The molecule has 0 heterocycles. The quantitative estimate of drug-likeness (QED) is 0.613. The SMILES string of the molecule is N#Cc1cc(NCC2(CCO)CCC2)ccc1[N+](=O)[O-]. The van der Waals surface area contributed by atoms with Crippen molar-refractivity contribution < 1.29 is 10.0 Å². The second kappa shape index (κ2) is 5.88. The number of anilines is 1. The summed E-state index contributed by atoms with van der Waals surface area (Å²) in [6, 6.07) is 6.31. The number of nitro groups is 1. The molecule has 1 aromatic rings. The van der Waals surface area contributed by atoms with Gasteiger partial charge in [0.1, 0.15) is 11.6 Å². The first kappa shape index (κ1) is 14.3. The number of nitrogens with zero attached hydrogens (tertiary/aromatic N) is 2. The Morgan fingerprint density at radius 2 is 2.25 bits per heavy atom. The Morgan fingerprint density at radius 1 is 1.50 bits per heavy atom. The minimum absolute atomic E-state index is 0.0600. The van der Waals surface area contributed by atoms with Gasteiger partial charge in [0.2, 0.25) is 0 Å². The van der Waals surface area contributed by atoms with Gasteiger partial charge < -0.3 is 10.4 Å². The van der Waals surface area contributed by atoms with Gasteiger partial charge in [-0.05, 0) is 36.8 Å². The minimum Gasteiger partial charge on any atom is -0.396 e. The minimum atomic E-state index is -0.554. The Balaban J connectivity index is 2.07. The second-order valence-electron chi connectivity index (χ2n) is 5.28. The van der Waals surface area contributed by atoms with E-state index in [4.69, 9.17) is 10.4 Å². The first-order chi connectivity index (χ1) is 9.60. The molecule has 0 bridgehead atoms. The van der Waals surface area contributed by atoms with E-state index in [2.05, 4.69) is 5.32 Å². The number of aliphatic hydroxyl groups is 1. The van der Waals surface area contributed by atoms with Gasteiger partial charge in [0.15, 0.2) is 0 Å². The van der Waals surface area contributed by atoms with Crippen molar-refractivity contribution in [3.8, 4) is 6.07 Å². The highest BCUT2D eigenvalue weighted by atomic mass is 16.6. The van der Waals surface area contributed by atoms with Crippen LogP contribution in [0.5, 0.6) is 0 Å². The monoisotopic (exact) mass is 275 g/mol. The first-order valence-electron chi connectivity index (χ1n) is 6.63. The van der Waals surface area contributed by atoms with Crippen LogP contribution in [0.25, 0.3) is 0 Å². The maximum Gasteiger partial charge on any atom is 0.287 e. The van der Waals surface area contributed by atoms with Crippen molar-refractivity contribution in [1.82, 2.24) is 0 Å². The number of benzene rings is 1. The molecule has 6 nitrogen and oxygen atoms in total. The molecule has 1 fully saturated rings. The molecule has 0 radical (unpaired) electrons. The number of nitrogens with one attached hydrogen (secondary N) is 1. The van der Waals surface area contributed by atoms with Crippen LogP contribution in [0.2, 0.25) is 0 Å². The van der Waals surface area contributed by atoms with E-state index in [1.807, 2.05) is 6.07 Å². The summed E-state index contributed by atoms with van der Waals surface area (Å²) in [5, 5.41) is 32.0. The molecule has 1 aromatic carbocycles. The van der Waals surface area contributed by atoms with Crippen LogP contribution in [0, 0.1) is 26.9 Å². The molecule has 0 aliphatic heterocycles. The van der Waals surface area contributed by atoms with Gasteiger partial charge in [-0.25, -0.2) is 0 Å². The summed E-state index contributed by atoms with van der Waals surface area (Å²) < 4.78 is 0. The number of hydrogen-bond donors (Lipinski definition) is 2. The Labute approximate surface area is 117 Å². The molecule has 1 saturated carbocycles. The van der Waals surface area contributed by atoms with Crippen LogP contribution < -0.4 is 5.32 Å². The lowest BCUT2D eigenvalue weighted by Crippen LogP contribution is -2.37. The van der Waals surface area contributed by atoms with Gasteiger partial charge >= 0.3 is 0 Å². The van der Waals surface area contributed by atoms with Crippen LogP contribution >= 0.6 is 0 Å². The van der Waals surface area contributed by atoms with Crippen molar-refractivity contribution in [2.24, 2.45) is 5.41 Å². The summed E-state index contributed by atoms with van der Waals surface area (Å²) in [6.45, 7) is 0.891. The molecule has 106 valence electrons. The van der Waals surface area contributed by atoms with Gasteiger partial charge in [-0.1, -0.05) is 6.42 Å². The van der Waals surface area contributed by atoms with E-state index >= 15 is 0 Å². The Bertz CT molecular complexity index is 547. The summed E-state index contributed by atoms with van der Waals surface area (Å²) in [5.41, 5.74) is 0.719. The summed E-state index contributed by atoms with van der Waals surface area (Å²) >= 11 is 0. The van der Waals surface area contributed by atoms with Gasteiger partial charge in [0, 0.05) is 24.9 Å². The lowest BCUT2D eigenvalue weighted by molar-refractivity contribution is -0.385. The van der Waals surface area contributed by atoms with E-state index in [0.29, 0.717) is 5.69 Å². The number of hydrogen-bond acceptors (Lipinski definition) is 5. The van der Waals surface area contributed by atoms with Crippen LogP contribution in [0.3, 0.4) is 0 Å². The molecule has 20 heavy (non-hydrogen) atoms. The fourth-order valence-electron chi connectivity index (χ4n) is 2.61. The molecule has 0 saturated heterocycles. The number of nitro benzene ring substituents is 1. The lowest BCUT2D eigenvalue weighted by atomic mass is 9.67. The van der Waals surface area contributed by atoms with Gasteiger partial charge in [0.05, 0.1) is 4.92 Å². The largest absolute Gasteiger partial charge is 0.396 e. The summed E-state index contributed by atoms with van der Waals surface area (Å²) in [7, 11) is 0. The number of rotatable bonds is 6. The van der Waals surface area contributed by atoms with E-state index < -0.39 is 4.92 Å². The zero-order valence-electron chi connectivity index (χ0n) is 11.1.